The van der Waals surface area contributed by atoms with Crippen LogP contribution in [0.25, 0.3) is 0 Å². The Kier molecular flexibility index (Phi) is 6.18. The average molecular weight is 340 g/mol. The Bertz CT molecular complexity index is 499. The molecule has 2 unspecified atom stereocenters. The number of azo groups is 1. The van der Waals surface area contributed by atoms with Gasteiger partial charge in [-0.1, -0.05) is 13.3 Å². The van der Waals surface area contributed by atoms with E-state index in [9.17, 15) is 9.18 Å². The highest BCUT2D eigenvalue weighted by atomic mass is 19.1. The highest BCUT2D eigenvalue weighted by Gasteiger charge is 2.29. The van der Waals surface area contributed by atoms with Gasteiger partial charge in [-0.15, -0.1) is 5.11 Å². The summed E-state index contributed by atoms with van der Waals surface area (Å²) in [5.74, 6) is 0.710. The second kappa shape index (κ2) is 7.94. The van der Waals surface area contributed by atoms with Gasteiger partial charge in [0, 0.05) is 32.6 Å². The molecule has 2 atom stereocenters. The van der Waals surface area contributed by atoms with Gasteiger partial charge in [-0.2, -0.15) is 5.11 Å². The van der Waals surface area contributed by atoms with E-state index in [0.717, 1.165) is 12.8 Å². The Labute approximate surface area is 143 Å². The molecule has 0 aromatic rings. The fraction of sp³-hybridized carbons (Fsp3) is 0.824. The Hall–Kier alpha value is -1.66. The van der Waals surface area contributed by atoms with Crippen LogP contribution in [0.15, 0.2) is 22.1 Å². The molecule has 6 nitrogen and oxygen atoms in total. The normalized spacial score (nSPS) is 25.3. The van der Waals surface area contributed by atoms with Gasteiger partial charge in [0.2, 0.25) is 0 Å². The molecule has 2 rings (SSSR count). The van der Waals surface area contributed by atoms with Gasteiger partial charge in [0.05, 0.1) is 6.04 Å². The van der Waals surface area contributed by atoms with Gasteiger partial charge in [-0.25, -0.2) is 9.18 Å². The third-order valence-electron chi connectivity index (χ3n) is 4.47. The molecule has 7 heteroatoms. The molecule has 0 bridgehead atoms. The minimum absolute atomic E-state index is 0.262. The van der Waals surface area contributed by atoms with Crippen molar-refractivity contribution in [1.82, 2.24) is 9.80 Å². The summed E-state index contributed by atoms with van der Waals surface area (Å²) in [5.41, 5.74) is -0.437. The number of piperazine rings is 1. The van der Waals surface area contributed by atoms with Crippen LogP contribution in [0.4, 0.5) is 9.18 Å². The Morgan fingerprint density at radius 2 is 2.04 bits per heavy atom. The zero-order valence-corrected chi connectivity index (χ0v) is 15.2. The van der Waals surface area contributed by atoms with Crippen molar-refractivity contribution in [2.24, 2.45) is 10.2 Å². The number of halogens is 1. The first-order chi connectivity index (χ1) is 11.3. The van der Waals surface area contributed by atoms with Crippen molar-refractivity contribution in [3.05, 3.63) is 11.9 Å². The maximum Gasteiger partial charge on any atom is 0.410 e. The second-order valence-electron chi connectivity index (χ2n) is 7.12. The van der Waals surface area contributed by atoms with E-state index in [1.807, 2.05) is 13.8 Å². The summed E-state index contributed by atoms with van der Waals surface area (Å²) in [6.45, 7) is 10.1. The van der Waals surface area contributed by atoms with Gasteiger partial charge in [-0.05, 0) is 33.3 Å². The van der Waals surface area contributed by atoms with Crippen LogP contribution < -0.4 is 0 Å². The van der Waals surface area contributed by atoms with E-state index in [2.05, 4.69) is 22.1 Å². The fourth-order valence-corrected chi connectivity index (χ4v) is 2.94. The largest absolute Gasteiger partial charge is 0.443 e. The zero-order valence-electron chi connectivity index (χ0n) is 15.2. The number of hydrogen-bond acceptors (Lipinski definition) is 5. The molecule has 2 aliphatic rings. The highest BCUT2D eigenvalue weighted by molar-refractivity contribution is 5.68. The SMILES string of the molecule is CCCC(C)(C)OC(=O)N1CCN(C2=CCC(F)C(C)N=N2)CC1. The van der Waals surface area contributed by atoms with Crippen LogP contribution in [0.3, 0.4) is 0 Å². The van der Waals surface area contributed by atoms with Crippen molar-refractivity contribution in [3.8, 4) is 0 Å². The summed E-state index contributed by atoms with van der Waals surface area (Å²) in [7, 11) is 0. The van der Waals surface area contributed by atoms with E-state index in [-0.39, 0.29) is 6.09 Å². The summed E-state index contributed by atoms with van der Waals surface area (Å²) in [5, 5.41) is 8.19. The lowest BCUT2D eigenvalue weighted by Crippen LogP contribution is -2.49. The highest BCUT2D eigenvalue weighted by Crippen LogP contribution is 2.22. The van der Waals surface area contributed by atoms with E-state index in [0.29, 0.717) is 38.4 Å². The quantitative estimate of drug-likeness (QED) is 0.783. The molecular weight excluding hydrogens is 311 g/mol. The van der Waals surface area contributed by atoms with Crippen molar-refractivity contribution in [2.75, 3.05) is 26.2 Å². The van der Waals surface area contributed by atoms with Gasteiger partial charge < -0.3 is 14.5 Å². The van der Waals surface area contributed by atoms with E-state index >= 15 is 0 Å². The van der Waals surface area contributed by atoms with E-state index < -0.39 is 17.8 Å². The third-order valence-corrected chi connectivity index (χ3v) is 4.47. The lowest BCUT2D eigenvalue weighted by molar-refractivity contribution is 0.00149. The minimum atomic E-state index is -0.983. The molecular formula is C17H29FN4O2. The van der Waals surface area contributed by atoms with Crippen LogP contribution >= 0.6 is 0 Å². The van der Waals surface area contributed by atoms with Crippen molar-refractivity contribution >= 4 is 6.09 Å². The molecule has 24 heavy (non-hydrogen) atoms. The first-order valence-electron chi connectivity index (χ1n) is 8.80. The zero-order chi connectivity index (χ0) is 17.7. The van der Waals surface area contributed by atoms with Crippen molar-refractivity contribution < 1.29 is 13.9 Å². The molecule has 2 heterocycles. The van der Waals surface area contributed by atoms with Crippen LogP contribution in [0.2, 0.25) is 0 Å². The lowest BCUT2D eigenvalue weighted by atomic mass is 10.0. The molecule has 0 radical (unpaired) electrons. The Balaban J connectivity index is 1.87. The molecule has 0 N–H and O–H groups in total. The number of carbonyl (C=O) groups is 1. The van der Waals surface area contributed by atoms with Crippen molar-refractivity contribution in [3.63, 3.8) is 0 Å². The summed E-state index contributed by atoms with van der Waals surface area (Å²) in [4.78, 5) is 16.1. The molecule has 0 spiro atoms. The number of alkyl halides is 1. The number of nitrogens with zero attached hydrogens (tertiary/aromatic N) is 4. The van der Waals surface area contributed by atoms with Gasteiger partial charge in [-0.3, -0.25) is 0 Å². The second-order valence-corrected chi connectivity index (χ2v) is 7.12. The lowest BCUT2D eigenvalue weighted by Gasteiger charge is -2.37. The smallest absolute Gasteiger partial charge is 0.410 e. The van der Waals surface area contributed by atoms with Crippen LogP contribution in [0.5, 0.6) is 0 Å². The summed E-state index contributed by atoms with van der Waals surface area (Å²) in [6, 6.07) is -0.407. The van der Waals surface area contributed by atoms with Gasteiger partial charge in [0.25, 0.3) is 0 Å². The van der Waals surface area contributed by atoms with Gasteiger partial charge in [0.1, 0.15) is 17.6 Å². The maximum absolute atomic E-state index is 13.7. The summed E-state index contributed by atoms with van der Waals surface area (Å²) < 4.78 is 19.3. The predicted octanol–water partition coefficient (Wildman–Crippen LogP) is 3.74. The molecule has 1 amide bonds. The van der Waals surface area contributed by atoms with E-state index in [1.165, 1.54) is 0 Å². The monoisotopic (exact) mass is 340 g/mol. The first kappa shape index (κ1) is 18.7. The summed E-state index contributed by atoms with van der Waals surface area (Å²) >= 11 is 0. The number of carbonyl (C=O) groups excluding carboxylic acids is 1. The van der Waals surface area contributed by atoms with E-state index in [1.54, 1.807) is 17.9 Å². The van der Waals surface area contributed by atoms with Crippen LogP contribution in [0, 0.1) is 0 Å². The molecule has 0 aromatic heterocycles. The maximum atomic E-state index is 13.7. The van der Waals surface area contributed by atoms with Gasteiger partial charge in [0.15, 0.2) is 0 Å². The third kappa shape index (κ3) is 4.92. The van der Waals surface area contributed by atoms with Crippen LogP contribution in [0.1, 0.15) is 47.0 Å². The topological polar surface area (TPSA) is 57.5 Å². The molecule has 2 aliphatic heterocycles. The molecule has 136 valence electrons. The number of amides is 1. The fourth-order valence-electron chi connectivity index (χ4n) is 2.94. The Morgan fingerprint density at radius 1 is 1.38 bits per heavy atom. The standard InChI is InChI=1S/C17H29FN4O2/c1-5-8-17(3,4)24-16(23)22-11-9-21(10-12-22)15-7-6-14(18)13(2)19-20-15/h7,13-14H,5-6,8-12H2,1-4H3. The van der Waals surface area contributed by atoms with Crippen LogP contribution in [-0.2, 0) is 4.74 Å². The number of rotatable bonds is 4. The van der Waals surface area contributed by atoms with Crippen LogP contribution in [-0.4, -0.2) is 59.9 Å². The molecule has 1 saturated heterocycles. The molecule has 0 saturated carbocycles. The van der Waals surface area contributed by atoms with Crippen molar-refractivity contribution in [1.29, 1.82) is 0 Å². The minimum Gasteiger partial charge on any atom is -0.443 e. The molecule has 0 aromatic carbocycles. The predicted molar refractivity (Wildman–Crippen MR) is 90.5 cm³/mol. The first-order valence-corrected chi connectivity index (χ1v) is 8.80. The number of allylic oxidation sites excluding steroid dienone is 1. The molecule has 1 fully saturated rings. The molecule has 0 aliphatic carbocycles. The van der Waals surface area contributed by atoms with E-state index in [4.69, 9.17) is 4.74 Å². The summed E-state index contributed by atoms with van der Waals surface area (Å²) in [6.07, 6.45) is 2.70. The average Bonchev–Trinajstić information content (AvgIpc) is 2.69. The Morgan fingerprint density at radius 3 is 2.67 bits per heavy atom. The van der Waals surface area contributed by atoms with Gasteiger partial charge >= 0.3 is 6.09 Å². The van der Waals surface area contributed by atoms with Crippen molar-refractivity contribution in [2.45, 2.75) is 64.8 Å². The number of hydrogen-bond donors (Lipinski definition) is 0. The number of ether oxygens (including phenoxy) is 1.